The Morgan fingerprint density at radius 1 is 1.41 bits per heavy atom. The molecule has 1 aliphatic rings. The molecule has 0 saturated heterocycles. The Balaban J connectivity index is 2.14. The maximum Gasteiger partial charge on any atom is 0.232 e. The zero-order chi connectivity index (χ0) is 12.5. The van der Waals surface area contributed by atoms with E-state index in [0.717, 1.165) is 11.3 Å². The molecular formula is C12H15ClO3S. The van der Waals surface area contributed by atoms with Crippen LogP contribution in [0.15, 0.2) is 18.2 Å². The minimum absolute atomic E-state index is 0.0412. The van der Waals surface area contributed by atoms with Gasteiger partial charge in [0, 0.05) is 10.7 Å². The summed E-state index contributed by atoms with van der Waals surface area (Å²) in [5, 5.41) is 0. The average molecular weight is 275 g/mol. The number of rotatable bonds is 5. The maximum atomic E-state index is 10.9. The van der Waals surface area contributed by atoms with Crippen molar-refractivity contribution in [3.8, 4) is 5.75 Å². The van der Waals surface area contributed by atoms with Crippen molar-refractivity contribution >= 4 is 19.7 Å². The number of methoxy groups -OCH3 is 1. The number of benzene rings is 1. The van der Waals surface area contributed by atoms with Crippen LogP contribution < -0.4 is 4.74 Å². The lowest BCUT2D eigenvalue weighted by atomic mass is 10.1. The van der Waals surface area contributed by atoms with Gasteiger partial charge in [0.05, 0.1) is 12.9 Å². The first kappa shape index (κ1) is 12.7. The third-order valence-corrected chi connectivity index (χ3v) is 4.10. The average Bonchev–Trinajstić information content (AvgIpc) is 3.09. The summed E-state index contributed by atoms with van der Waals surface area (Å²) in [6.45, 7) is 0. The Kier molecular flexibility index (Phi) is 3.64. The van der Waals surface area contributed by atoms with E-state index in [2.05, 4.69) is 0 Å². The van der Waals surface area contributed by atoms with Crippen molar-refractivity contribution in [3.63, 3.8) is 0 Å². The van der Waals surface area contributed by atoms with Crippen LogP contribution in [0.5, 0.6) is 5.75 Å². The third kappa shape index (κ3) is 3.61. The smallest absolute Gasteiger partial charge is 0.232 e. The van der Waals surface area contributed by atoms with Crippen LogP contribution in [-0.4, -0.2) is 21.3 Å². The van der Waals surface area contributed by atoms with Crippen LogP contribution >= 0.6 is 10.7 Å². The van der Waals surface area contributed by atoms with Gasteiger partial charge in [0.15, 0.2) is 0 Å². The Labute approximate surface area is 106 Å². The molecule has 0 N–H and O–H groups in total. The molecule has 0 aromatic heterocycles. The van der Waals surface area contributed by atoms with Gasteiger partial charge in [0.1, 0.15) is 5.75 Å². The molecule has 94 valence electrons. The van der Waals surface area contributed by atoms with Gasteiger partial charge in [-0.05, 0) is 42.4 Å². The second-order valence-corrected chi connectivity index (χ2v) is 7.24. The van der Waals surface area contributed by atoms with Crippen LogP contribution in [0.4, 0.5) is 0 Å². The van der Waals surface area contributed by atoms with Gasteiger partial charge in [0.25, 0.3) is 0 Å². The molecule has 0 atom stereocenters. The van der Waals surface area contributed by atoms with Gasteiger partial charge < -0.3 is 4.74 Å². The summed E-state index contributed by atoms with van der Waals surface area (Å²) in [6, 6.07) is 5.90. The Morgan fingerprint density at radius 2 is 2.12 bits per heavy atom. The van der Waals surface area contributed by atoms with Gasteiger partial charge in [0.2, 0.25) is 9.05 Å². The van der Waals surface area contributed by atoms with Crippen molar-refractivity contribution in [1.29, 1.82) is 0 Å². The normalized spacial score (nSPS) is 15.9. The van der Waals surface area contributed by atoms with Crippen molar-refractivity contribution < 1.29 is 13.2 Å². The third-order valence-electron chi connectivity index (χ3n) is 2.95. The van der Waals surface area contributed by atoms with Gasteiger partial charge in [-0.25, -0.2) is 8.42 Å². The lowest BCUT2D eigenvalue weighted by molar-refractivity contribution is 0.409. The van der Waals surface area contributed by atoms with Crippen molar-refractivity contribution in [2.75, 3.05) is 12.9 Å². The van der Waals surface area contributed by atoms with Crippen LogP contribution in [0, 0.1) is 0 Å². The van der Waals surface area contributed by atoms with Crippen molar-refractivity contribution in [2.24, 2.45) is 0 Å². The molecular weight excluding hydrogens is 260 g/mol. The van der Waals surface area contributed by atoms with Crippen molar-refractivity contribution in [3.05, 3.63) is 29.3 Å². The van der Waals surface area contributed by atoms with E-state index in [1.807, 2.05) is 18.2 Å². The first-order valence-electron chi connectivity index (χ1n) is 5.59. The van der Waals surface area contributed by atoms with Crippen LogP contribution in [0.3, 0.4) is 0 Å². The molecule has 0 spiro atoms. The molecule has 1 aromatic carbocycles. The molecule has 0 bridgehead atoms. The molecule has 0 unspecified atom stereocenters. The van der Waals surface area contributed by atoms with E-state index in [1.54, 1.807) is 7.11 Å². The minimum atomic E-state index is -3.42. The zero-order valence-electron chi connectivity index (χ0n) is 9.65. The van der Waals surface area contributed by atoms with E-state index in [9.17, 15) is 8.42 Å². The summed E-state index contributed by atoms with van der Waals surface area (Å²) in [7, 11) is 3.41. The van der Waals surface area contributed by atoms with E-state index >= 15 is 0 Å². The highest BCUT2D eigenvalue weighted by molar-refractivity contribution is 8.13. The quantitative estimate of drug-likeness (QED) is 0.776. The summed E-state index contributed by atoms with van der Waals surface area (Å²) in [6.07, 6.45) is 2.85. The fourth-order valence-electron chi connectivity index (χ4n) is 1.88. The van der Waals surface area contributed by atoms with Gasteiger partial charge in [-0.15, -0.1) is 0 Å². The number of halogens is 1. The first-order chi connectivity index (χ1) is 7.99. The van der Waals surface area contributed by atoms with E-state index < -0.39 is 9.05 Å². The molecule has 1 fully saturated rings. The molecule has 1 aromatic rings. The molecule has 5 heteroatoms. The molecule has 3 nitrogen and oxygen atoms in total. The highest BCUT2D eigenvalue weighted by Gasteiger charge is 2.26. The molecule has 0 amide bonds. The molecule has 0 aliphatic heterocycles. The van der Waals surface area contributed by atoms with Crippen LogP contribution in [0.25, 0.3) is 0 Å². The summed E-state index contributed by atoms with van der Waals surface area (Å²) >= 11 is 0. The van der Waals surface area contributed by atoms with Crippen molar-refractivity contribution in [1.82, 2.24) is 0 Å². The van der Waals surface area contributed by atoms with Gasteiger partial charge in [-0.1, -0.05) is 12.1 Å². The molecule has 17 heavy (non-hydrogen) atoms. The Hall–Kier alpha value is -0.740. The summed E-state index contributed by atoms with van der Waals surface area (Å²) in [5.41, 5.74) is 2.17. The van der Waals surface area contributed by atoms with Gasteiger partial charge >= 0.3 is 0 Å². The number of aryl methyl sites for hydroxylation is 1. The monoisotopic (exact) mass is 274 g/mol. The maximum absolute atomic E-state index is 10.9. The molecule has 1 saturated carbocycles. The summed E-state index contributed by atoms with van der Waals surface area (Å²) < 4.78 is 27.1. The largest absolute Gasteiger partial charge is 0.496 e. The Bertz CT molecular complexity index is 506. The molecule has 0 heterocycles. The summed E-state index contributed by atoms with van der Waals surface area (Å²) in [5.74, 6) is 1.44. The predicted molar refractivity (Wildman–Crippen MR) is 68.3 cm³/mol. The van der Waals surface area contributed by atoms with E-state index in [-0.39, 0.29) is 5.75 Å². The molecule has 1 aliphatic carbocycles. The molecule has 2 rings (SSSR count). The summed E-state index contributed by atoms with van der Waals surface area (Å²) in [4.78, 5) is 0. The molecule has 0 radical (unpaired) electrons. The van der Waals surface area contributed by atoms with E-state index in [1.165, 1.54) is 18.4 Å². The fraction of sp³-hybridized carbons (Fsp3) is 0.500. The lowest BCUT2D eigenvalue weighted by Gasteiger charge is -2.09. The topological polar surface area (TPSA) is 43.4 Å². The zero-order valence-corrected chi connectivity index (χ0v) is 11.2. The minimum Gasteiger partial charge on any atom is -0.496 e. The van der Waals surface area contributed by atoms with E-state index in [0.29, 0.717) is 12.3 Å². The number of hydrogen-bond acceptors (Lipinski definition) is 3. The highest BCUT2D eigenvalue weighted by Crippen LogP contribution is 2.44. The van der Waals surface area contributed by atoms with E-state index in [4.69, 9.17) is 15.4 Å². The Morgan fingerprint density at radius 3 is 2.65 bits per heavy atom. The second kappa shape index (κ2) is 4.86. The SMILES string of the molecule is COc1cc(CCS(=O)(=O)Cl)ccc1C1CC1. The van der Waals surface area contributed by atoms with Gasteiger partial charge in [-0.3, -0.25) is 0 Å². The van der Waals surface area contributed by atoms with Crippen molar-refractivity contribution in [2.45, 2.75) is 25.2 Å². The van der Waals surface area contributed by atoms with Crippen LogP contribution in [0.2, 0.25) is 0 Å². The fourth-order valence-corrected chi connectivity index (χ4v) is 2.59. The first-order valence-corrected chi connectivity index (χ1v) is 8.06. The number of hydrogen-bond donors (Lipinski definition) is 0. The standard InChI is InChI=1S/C12H15ClO3S/c1-16-12-8-9(6-7-17(13,14)15)2-5-11(12)10-3-4-10/h2,5,8,10H,3-4,6-7H2,1H3. The lowest BCUT2D eigenvalue weighted by Crippen LogP contribution is -2.02. The van der Waals surface area contributed by atoms with Gasteiger partial charge in [-0.2, -0.15) is 0 Å². The van der Waals surface area contributed by atoms with Crippen LogP contribution in [-0.2, 0) is 15.5 Å². The van der Waals surface area contributed by atoms with Crippen LogP contribution in [0.1, 0.15) is 29.9 Å². The predicted octanol–water partition coefficient (Wildman–Crippen LogP) is 2.68. The second-order valence-electron chi connectivity index (χ2n) is 4.34. The number of ether oxygens (including phenoxy) is 1. The highest BCUT2D eigenvalue weighted by atomic mass is 35.7.